The summed E-state index contributed by atoms with van der Waals surface area (Å²) in [6.45, 7) is 11.3. The summed E-state index contributed by atoms with van der Waals surface area (Å²) in [6, 6.07) is -0.194. The summed E-state index contributed by atoms with van der Waals surface area (Å²) in [5.41, 5.74) is 4.95. The van der Waals surface area contributed by atoms with Gasteiger partial charge in [-0.2, -0.15) is 0 Å². The summed E-state index contributed by atoms with van der Waals surface area (Å²) < 4.78 is 0. The fraction of sp³-hybridized carbons (Fsp3) is 0.900. The molecule has 3 heteroatoms. The third-order valence-electron chi connectivity index (χ3n) is 1.72. The fourth-order valence-corrected chi connectivity index (χ4v) is 1.27. The molecular weight excluding hydrogens is 164 g/mol. The van der Waals surface area contributed by atoms with Gasteiger partial charge in [0.2, 0.25) is 0 Å². The van der Waals surface area contributed by atoms with E-state index in [1.54, 1.807) is 0 Å². The van der Waals surface area contributed by atoms with Crippen molar-refractivity contribution < 1.29 is 4.79 Å². The van der Waals surface area contributed by atoms with Crippen LogP contribution in [0.5, 0.6) is 0 Å². The molecule has 3 N–H and O–H groups in total. The van der Waals surface area contributed by atoms with E-state index in [1.807, 2.05) is 41.5 Å². The number of Topliss-reactive ketones (excluding diaryl/α,β-unsaturated/α-hetero) is 1. The topological polar surface area (TPSA) is 55.1 Å². The van der Waals surface area contributed by atoms with Gasteiger partial charge in [0.05, 0.1) is 11.7 Å². The van der Waals surface area contributed by atoms with Gasteiger partial charge in [0.25, 0.3) is 0 Å². The average molecular weight is 186 g/mol. The highest BCUT2D eigenvalue weighted by Crippen LogP contribution is 2.17. The smallest absolute Gasteiger partial charge is 0.154 e. The molecule has 13 heavy (non-hydrogen) atoms. The molecule has 0 heterocycles. The monoisotopic (exact) mass is 186 g/mol. The van der Waals surface area contributed by atoms with Gasteiger partial charge in [-0.1, -0.05) is 20.8 Å². The average Bonchev–Trinajstić information content (AvgIpc) is 1.79. The number of hydrogen-bond donors (Lipinski definition) is 2. The Labute approximate surface area is 81.1 Å². The zero-order valence-electron chi connectivity index (χ0n) is 9.56. The molecule has 0 fully saturated rings. The Balaban J connectivity index is 4.30. The maximum atomic E-state index is 11.7. The molecule has 0 aliphatic heterocycles. The lowest BCUT2D eigenvalue weighted by atomic mass is 9.86. The summed E-state index contributed by atoms with van der Waals surface area (Å²) in [6.07, 6.45) is 0. The van der Waals surface area contributed by atoms with Crippen molar-refractivity contribution in [1.29, 1.82) is 0 Å². The van der Waals surface area contributed by atoms with E-state index >= 15 is 0 Å². The van der Waals surface area contributed by atoms with Gasteiger partial charge < -0.3 is 5.73 Å². The Bertz CT molecular complexity index is 186. The van der Waals surface area contributed by atoms with E-state index in [9.17, 15) is 4.79 Å². The van der Waals surface area contributed by atoms with E-state index in [0.717, 1.165) is 0 Å². The summed E-state index contributed by atoms with van der Waals surface area (Å²) >= 11 is 0. The second kappa shape index (κ2) is 3.76. The summed E-state index contributed by atoms with van der Waals surface area (Å²) in [4.78, 5) is 11.7. The highest BCUT2D eigenvalue weighted by Gasteiger charge is 2.28. The number of carbonyl (C=O) groups is 1. The van der Waals surface area contributed by atoms with Crippen molar-refractivity contribution in [3.05, 3.63) is 0 Å². The summed E-state index contributed by atoms with van der Waals surface area (Å²) in [5.74, 6) is 0.186. The molecule has 0 aromatic heterocycles. The lowest BCUT2D eigenvalue weighted by Gasteiger charge is -2.29. The van der Waals surface area contributed by atoms with E-state index in [1.165, 1.54) is 0 Å². The van der Waals surface area contributed by atoms with Gasteiger partial charge >= 0.3 is 0 Å². The lowest BCUT2D eigenvalue weighted by molar-refractivity contribution is -0.128. The van der Waals surface area contributed by atoms with Crippen molar-refractivity contribution in [3.8, 4) is 0 Å². The standard InChI is InChI=1S/C10H22N2O/c1-7(12-10(5,6)11)8(13)9(2,3)4/h7,12H,11H2,1-6H3. The van der Waals surface area contributed by atoms with Crippen molar-refractivity contribution in [2.24, 2.45) is 11.1 Å². The first-order chi connectivity index (χ1) is 5.54. The van der Waals surface area contributed by atoms with Crippen molar-refractivity contribution in [2.45, 2.75) is 53.2 Å². The van der Waals surface area contributed by atoms with Crippen molar-refractivity contribution in [3.63, 3.8) is 0 Å². The predicted molar refractivity (Wildman–Crippen MR) is 55.3 cm³/mol. The van der Waals surface area contributed by atoms with Gasteiger partial charge in [-0.3, -0.25) is 10.1 Å². The number of hydrogen-bond acceptors (Lipinski definition) is 3. The first kappa shape index (κ1) is 12.6. The molecule has 3 nitrogen and oxygen atoms in total. The molecule has 78 valence electrons. The van der Waals surface area contributed by atoms with Crippen LogP contribution in [0.25, 0.3) is 0 Å². The molecular formula is C10H22N2O. The zero-order chi connectivity index (χ0) is 10.9. The van der Waals surface area contributed by atoms with Crippen LogP contribution in [0.15, 0.2) is 0 Å². The fourth-order valence-electron chi connectivity index (χ4n) is 1.27. The second-order valence-corrected chi connectivity index (χ2v) is 5.20. The highest BCUT2D eigenvalue weighted by molar-refractivity contribution is 5.88. The van der Waals surface area contributed by atoms with E-state index in [-0.39, 0.29) is 17.2 Å². The van der Waals surface area contributed by atoms with Crippen LogP contribution in [-0.4, -0.2) is 17.5 Å². The molecule has 0 amide bonds. The maximum absolute atomic E-state index is 11.7. The van der Waals surface area contributed by atoms with E-state index in [2.05, 4.69) is 5.32 Å². The van der Waals surface area contributed by atoms with Crippen LogP contribution in [0, 0.1) is 5.41 Å². The van der Waals surface area contributed by atoms with Crippen LogP contribution in [0.4, 0.5) is 0 Å². The van der Waals surface area contributed by atoms with Crippen molar-refractivity contribution in [2.75, 3.05) is 0 Å². The summed E-state index contributed by atoms with van der Waals surface area (Å²) in [5, 5.41) is 3.05. The Morgan fingerprint density at radius 1 is 1.23 bits per heavy atom. The minimum absolute atomic E-state index is 0.186. The number of carbonyl (C=O) groups excluding carboxylic acids is 1. The molecule has 1 unspecified atom stereocenters. The van der Waals surface area contributed by atoms with Gasteiger partial charge in [0, 0.05) is 5.41 Å². The molecule has 0 aromatic carbocycles. The molecule has 0 saturated carbocycles. The van der Waals surface area contributed by atoms with E-state index in [0.29, 0.717) is 0 Å². The van der Waals surface area contributed by atoms with Crippen LogP contribution in [0.2, 0.25) is 0 Å². The molecule has 0 bridgehead atoms. The van der Waals surface area contributed by atoms with E-state index < -0.39 is 5.66 Å². The Kier molecular flexibility index (Phi) is 3.64. The van der Waals surface area contributed by atoms with Crippen LogP contribution in [0.3, 0.4) is 0 Å². The number of nitrogens with two attached hydrogens (primary N) is 1. The van der Waals surface area contributed by atoms with E-state index in [4.69, 9.17) is 5.73 Å². The SMILES string of the molecule is CC(NC(C)(C)N)C(=O)C(C)(C)C. The number of nitrogens with one attached hydrogen (secondary N) is 1. The second-order valence-electron chi connectivity index (χ2n) is 5.20. The van der Waals surface area contributed by atoms with Crippen LogP contribution in [0.1, 0.15) is 41.5 Å². The Hall–Kier alpha value is -0.410. The predicted octanol–water partition coefficient (Wildman–Crippen LogP) is 1.27. The van der Waals surface area contributed by atoms with Gasteiger partial charge in [-0.25, -0.2) is 0 Å². The molecule has 1 atom stereocenters. The maximum Gasteiger partial charge on any atom is 0.154 e. The number of rotatable bonds is 3. The molecule has 0 aliphatic rings. The van der Waals surface area contributed by atoms with Gasteiger partial charge in [-0.15, -0.1) is 0 Å². The normalized spacial score (nSPS) is 15.6. The first-order valence-electron chi connectivity index (χ1n) is 4.65. The van der Waals surface area contributed by atoms with Gasteiger partial charge in [0.1, 0.15) is 0 Å². The molecule has 0 radical (unpaired) electrons. The van der Waals surface area contributed by atoms with Crippen LogP contribution < -0.4 is 11.1 Å². The first-order valence-corrected chi connectivity index (χ1v) is 4.65. The van der Waals surface area contributed by atoms with Gasteiger partial charge in [-0.05, 0) is 20.8 Å². The Morgan fingerprint density at radius 3 is 1.85 bits per heavy atom. The van der Waals surface area contributed by atoms with Crippen LogP contribution >= 0.6 is 0 Å². The molecule has 0 saturated heterocycles. The Morgan fingerprint density at radius 2 is 1.62 bits per heavy atom. The molecule has 0 aliphatic carbocycles. The quantitative estimate of drug-likeness (QED) is 0.653. The third-order valence-corrected chi connectivity index (χ3v) is 1.72. The minimum Gasteiger partial charge on any atom is -0.314 e. The third kappa shape index (κ3) is 5.01. The van der Waals surface area contributed by atoms with Gasteiger partial charge in [0.15, 0.2) is 5.78 Å². The molecule has 0 spiro atoms. The molecule has 0 aromatic rings. The van der Waals surface area contributed by atoms with Crippen molar-refractivity contribution >= 4 is 5.78 Å². The largest absolute Gasteiger partial charge is 0.314 e. The zero-order valence-corrected chi connectivity index (χ0v) is 9.56. The summed E-state index contributed by atoms with van der Waals surface area (Å²) in [7, 11) is 0. The van der Waals surface area contributed by atoms with Crippen LogP contribution in [-0.2, 0) is 4.79 Å². The molecule has 0 rings (SSSR count). The minimum atomic E-state index is -0.500. The lowest BCUT2D eigenvalue weighted by Crippen LogP contribution is -2.55. The number of ketones is 1. The van der Waals surface area contributed by atoms with Crippen molar-refractivity contribution in [1.82, 2.24) is 5.32 Å². The highest BCUT2D eigenvalue weighted by atomic mass is 16.1.